The molecule has 0 unspecified atom stereocenters. The Morgan fingerprint density at radius 2 is 1.67 bits per heavy atom. The first-order valence-corrected chi connectivity index (χ1v) is 5.96. The Morgan fingerprint density at radius 1 is 0.944 bits per heavy atom. The summed E-state index contributed by atoms with van der Waals surface area (Å²) in [5.74, 6) is -1.68. The van der Waals surface area contributed by atoms with E-state index in [4.69, 9.17) is 11.6 Å². The average molecular weight is 268 g/mol. The standard InChI is InChI=1S/C14H12ClF2N/c15-11-3-1-10(2-4-11)7-8-18-12-5-6-13(16)14(17)9-12/h1-6,9,18H,7-8H2. The number of rotatable bonds is 4. The number of halogens is 3. The van der Waals surface area contributed by atoms with Crippen molar-refractivity contribution in [1.82, 2.24) is 0 Å². The van der Waals surface area contributed by atoms with Crippen LogP contribution in [0.25, 0.3) is 0 Å². The normalized spacial score (nSPS) is 10.4. The van der Waals surface area contributed by atoms with Gasteiger partial charge >= 0.3 is 0 Å². The van der Waals surface area contributed by atoms with E-state index in [2.05, 4.69) is 5.32 Å². The molecule has 0 aliphatic carbocycles. The topological polar surface area (TPSA) is 12.0 Å². The molecule has 94 valence electrons. The minimum Gasteiger partial charge on any atom is -0.385 e. The molecule has 0 bridgehead atoms. The summed E-state index contributed by atoms with van der Waals surface area (Å²) in [5, 5.41) is 3.74. The van der Waals surface area contributed by atoms with Crippen molar-refractivity contribution >= 4 is 17.3 Å². The number of benzene rings is 2. The van der Waals surface area contributed by atoms with Crippen molar-refractivity contribution in [2.45, 2.75) is 6.42 Å². The highest BCUT2D eigenvalue weighted by atomic mass is 35.5. The zero-order chi connectivity index (χ0) is 13.0. The molecule has 0 amide bonds. The van der Waals surface area contributed by atoms with E-state index in [1.165, 1.54) is 6.07 Å². The molecule has 18 heavy (non-hydrogen) atoms. The summed E-state index contributed by atoms with van der Waals surface area (Å²) >= 11 is 5.78. The minimum atomic E-state index is -0.841. The van der Waals surface area contributed by atoms with Crippen LogP contribution in [-0.4, -0.2) is 6.54 Å². The van der Waals surface area contributed by atoms with Crippen molar-refractivity contribution in [3.8, 4) is 0 Å². The zero-order valence-corrected chi connectivity index (χ0v) is 10.3. The molecule has 0 fully saturated rings. The minimum absolute atomic E-state index is 0.572. The van der Waals surface area contributed by atoms with Gasteiger partial charge in [-0.1, -0.05) is 23.7 Å². The second kappa shape index (κ2) is 5.83. The third-order valence-electron chi connectivity index (χ3n) is 2.58. The molecule has 0 atom stereocenters. The van der Waals surface area contributed by atoms with Crippen molar-refractivity contribution < 1.29 is 8.78 Å². The molecule has 0 saturated carbocycles. The Bertz CT molecular complexity index is 526. The highest BCUT2D eigenvalue weighted by Gasteiger charge is 2.01. The summed E-state index contributed by atoms with van der Waals surface area (Å²) in [6, 6.07) is 11.3. The van der Waals surface area contributed by atoms with E-state index in [0.717, 1.165) is 24.1 Å². The van der Waals surface area contributed by atoms with E-state index in [9.17, 15) is 8.78 Å². The van der Waals surface area contributed by atoms with Crippen molar-refractivity contribution in [3.63, 3.8) is 0 Å². The van der Waals surface area contributed by atoms with Crippen molar-refractivity contribution in [2.75, 3.05) is 11.9 Å². The molecule has 0 aliphatic rings. The monoisotopic (exact) mass is 267 g/mol. The van der Waals surface area contributed by atoms with Gasteiger partial charge in [-0.25, -0.2) is 8.78 Å². The highest BCUT2D eigenvalue weighted by Crippen LogP contribution is 2.14. The van der Waals surface area contributed by atoms with Gasteiger partial charge in [0.2, 0.25) is 0 Å². The van der Waals surface area contributed by atoms with Gasteiger partial charge in [-0.3, -0.25) is 0 Å². The maximum Gasteiger partial charge on any atom is 0.160 e. The number of nitrogens with one attached hydrogen (secondary N) is 1. The molecule has 0 aliphatic heterocycles. The first-order valence-electron chi connectivity index (χ1n) is 5.58. The van der Waals surface area contributed by atoms with Gasteiger partial charge in [0.1, 0.15) is 0 Å². The largest absolute Gasteiger partial charge is 0.385 e. The van der Waals surface area contributed by atoms with Gasteiger partial charge in [0.05, 0.1) is 0 Å². The first kappa shape index (κ1) is 12.8. The lowest BCUT2D eigenvalue weighted by atomic mass is 10.1. The maximum atomic E-state index is 12.9. The van der Waals surface area contributed by atoms with Gasteiger partial charge in [-0.2, -0.15) is 0 Å². The fraction of sp³-hybridized carbons (Fsp3) is 0.143. The number of hydrogen-bond donors (Lipinski definition) is 1. The molecule has 0 radical (unpaired) electrons. The van der Waals surface area contributed by atoms with Crippen LogP contribution in [0, 0.1) is 11.6 Å². The second-order valence-corrected chi connectivity index (χ2v) is 4.37. The molecule has 0 saturated heterocycles. The predicted molar refractivity (Wildman–Crippen MR) is 70.0 cm³/mol. The van der Waals surface area contributed by atoms with E-state index >= 15 is 0 Å². The molecular formula is C14H12ClF2N. The van der Waals surface area contributed by atoms with Crippen LogP contribution in [-0.2, 0) is 6.42 Å². The van der Waals surface area contributed by atoms with E-state index < -0.39 is 11.6 Å². The fourth-order valence-corrected chi connectivity index (χ4v) is 1.73. The molecule has 0 aromatic heterocycles. The van der Waals surface area contributed by atoms with Crippen molar-refractivity contribution in [3.05, 3.63) is 64.7 Å². The Morgan fingerprint density at radius 3 is 2.33 bits per heavy atom. The second-order valence-electron chi connectivity index (χ2n) is 3.93. The van der Waals surface area contributed by atoms with Crippen molar-refractivity contribution in [1.29, 1.82) is 0 Å². The molecule has 0 heterocycles. The summed E-state index contributed by atoms with van der Waals surface area (Å²) < 4.78 is 25.7. The third-order valence-corrected chi connectivity index (χ3v) is 2.83. The van der Waals surface area contributed by atoms with Crippen LogP contribution in [0.2, 0.25) is 5.02 Å². The number of hydrogen-bond acceptors (Lipinski definition) is 1. The van der Waals surface area contributed by atoms with Crippen LogP contribution in [0.5, 0.6) is 0 Å². The quantitative estimate of drug-likeness (QED) is 0.872. The predicted octanol–water partition coefficient (Wildman–Crippen LogP) is 4.27. The molecule has 2 rings (SSSR count). The summed E-state index contributed by atoms with van der Waals surface area (Å²) in [4.78, 5) is 0. The van der Waals surface area contributed by atoms with Gasteiger partial charge in [0.25, 0.3) is 0 Å². The van der Waals surface area contributed by atoms with Crippen LogP contribution in [0.4, 0.5) is 14.5 Å². The van der Waals surface area contributed by atoms with E-state index in [0.29, 0.717) is 17.3 Å². The van der Waals surface area contributed by atoms with Gasteiger partial charge in [0, 0.05) is 17.3 Å². The lowest BCUT2D eigenvalue weighted by Gasteiger charge is -2.07. The summed E-state index contributed by atoms with van der Waals surface area (Å²) in [6.07, 6.45) is 0.788. The number of anilines is 1. The molecule has 4 heteroatoms. The molecular weight excluding hydrogens is 256 g/mol. The average Bonchev–Trinajstić information content (AvgIpc) is 2.36. The lowest BCUT2D eigenvalue weighted by molar-refractivity contribution is 0.509. The molecule has 2 aromatic rings. The van der Waals surface area contributed by atoms with Crippen molar-refractivity contribution in [2.24, 2.45) is 0 Å². The molecule has 2 aromatic carbocycles. The van der Waals surface area contributed by atoms with E-state index in [1.54, 1.807) is 0 Å². The summed E-state index contributed by atoms with van der Waals surface area (Å²) in [5.41, 5.74) is 1.71. The van der Waals surface area contributed by atoms with E-state index in [-0.39, 0.29) is 0 Å². The Labute approximate surface area is 109 Å². The Balaban J connectivity index is 1.88. The molecule has 0 spiro atoms. The fourth-order valence-electron chi connectivity index (χ4n) is 1.61. The highest BCUT2D eigenvalue weighted by molar-refractivity contribution is 6.30. The smallest absolute Gasteiger partial charge is 0.160 e. The van der Waals surface area contributed by atoms with Crippen LogP contribution in [0.1, 0.15) is 5.56 Å². The third kappa shape index (κ3) is 3.44. The van der Waals surface area contributed by atoms with Gasteiger partial charge < -0.3 is 5.32 Å². The van der Waals surface area contributed by atoms with Crippen LogP contribution >= 0.6 is 11.6 Å². The SMILES string of the molecule is Fc1ccc(NCCc2ccc(Cl)cc2)cc1F. The molecule has 1 nitrogen and oxygen atoms in total. The summed E-state index contributed by atoms with van der Waals surface area (Å²) in [6.45, 7) is 0.646. The van der Waals surface area contributed by atoms with Crippen LogP contribution < -0.4 is 5.32 Å². The lowest BCUT2D eigenvalue weighted by Crippen LogP contribution is -2.05. The van der Waals surface area contributed by atoms with Gasteiger partial charge in [-0.15, -0.1) is 0 Å². The Kier molecular flexibility index (Phi) is 4.15. The van der Waals surface area contributed by atoms with E-state index in [1.807, 2.05) is 24.3 Å². The van der Waals surface area contributed by atoms with Gasteiger partial charge in [0.15, 0.2) is 11.6 Å². The molecule has 1 N–H and O–H groups in total. The zero-order valence-electron chi connectivity index (χ0n) is 9.59. The maximum absolute atomic E-state index is 12.9. The van der Waals surface area contributed by atoms with Crippen LogP contribution in [0.3, 0.4) is 0 Å². The first-order chi connectivity index (χ1) is 8.65. The van der Waals surface area contributed by atoms with Gasteiger partial charge in [-0.05, 0) is 42.3 Å². The van der Waals surface area contributed by atoms with Crippen LogP contribution in [0.15, 0.2) is 42.5 Å². The Hall–Kier alpha value is -1.61. The summed E-state index contributed by atoms with van der Waals surface area (Å²) in [7, 11) is 0.